The molecule has 2 heteroatoms. The number of Topliss-reactive ketones (excluding diaryl/α,β-unsaturated/α-hetero) is 1. The zero-order valence-electron chi connectivity index (χ0n) is 10.5. The van der Waals surface area contributed by atoms with E-state index in [0.29, 0.717) is 23.5 Å². The Morgan fingerprint density at radius 1 is 1.19 bits per heavy atom. The van der Waals surface area contributed by atoms with Crippen LogP contribution in [0.3, 0.4) is 0 Å². The Hall–Kier alpha value is -0.370. The van der Waals surface area contributed by atoms with E-state index in [2.05, 4.69) is 13.8 Å². The normalized spacial score (nSPS) is 54.1. The lowest BCUT2D eigenvalue weighted by atomic mass is 9.79. The van der Waals surface area contributed by atoms with Crippen molar-refractivity contribution in [3.63, 3.8) is 0 Å². The van der Waals surface area contributed by atoms with Gasteiger partial charge >= 0.3 is 0 Å². The van der Waals surface area contributed by atoms with Crippen LogP contribution in [0.25, 0.3) is 0 Å². The second-order valence-electron chi connectivity index (χ2n) is 7.02. The average molecular weight is 222 g/mol. The fourth-order valence-corrected chi connectivity index (χ4v) is 4.82. The molecule has 5 atom stereocenters. The van der Waals surface area contributed by atoms with Crippen LogP contribution in [0.15, 0.2) is 0 Å². The largest absolute Gasteiger partial charge is 0.389 e. The summed E-state index contributed by atoms with van der Waals surface area (Å²) < 4.78 is 0. The third-order valence-electron chi connectivity index (χ3n) is 5.65. The van der Waals surface area contributed by atoms with Crippen molar-refractivity contribution in [2.45, 2.75) is 52.1 Å². The SMILES string of the molecule is CC1(C)[C@@H]2[C@@H]3[C@@H](CCC[C@@H]21)C(=O)C[C@@]3(C)O. The van der Waals surface area contributed by atoms with Crippen LogP contribution in [0, 0.1) is 29.1 Å². The quantitative estimate of drug-likeness (QED) is 0.683. The molecule has 0 amide bonds. The summed E-state index contributed by atoms with van der Waals surface area (Å²) in [5, 5.41) is 10.5. The van der Waals surface area contributed by atoms with Crippen LogP contribution in [0.1, 0.15) is 46.5 Å². The summed E-state index contributed by atoms with van der Waals surface area (Å²) in [7, 11) is 0. The third-order valence-corrected chi connectivity index (χ3v) is 5.65. The lowest BCUT2D eigenvalue weighted by Crippen LogP contribution is -2.34. The zero-order valence-corrected chi connectivity index (χ0v) is 10.5. The molecule has 90 valence electrons. The minimum atomic E-state index is -0.733. The highest BCUT2D eigenvalue weighted by molar-refractivity contribution is 5.85. The van der Waals surface area contributed by atoms with Crippen LogP contribution < -0.4 is 0 Å². The van der Waals surface area contributed by atoms with E-state index < -0.39 is 5.60 Å². The van der Waals surface area contributed by atoms with Crippen LogP contribution in [0.2, 0.25) is 0 Å². The molecule has 2 nitrogen and oxygen atoms in total. The summed E-state index contributed by atoms with van der Waals surface area (Å²) in [6.07, 6.45) is 3.84. The Labute approximate surface area is 97.4 Å². The molecule has 3 fully saturated rings. The highest BCUT2D eigenvalue weighted by Gasteiger charge is 2.68. The van der Waals surface area contributed by atoms with Gasteiger partial charge in [-0.05, 0) is 37.0 Å². The van der Waals surface area contributed by atoms with Gasteiger partial charge in [-0.15, -0.1) is 0 Å². The molecule has 3 saturated carbocycles. The first-order chi connectivity index (χ1) is 7.36. The molecular formula is C14H22O2. The van der Waals surface area contributed by atoms with Crippen LogP contribution in [0.4, 0.5) is 0 Å². The molecule has 0 saturated heterocycles. The molecule has 1 N–H and O–H groups in total. The second kappa shape index (κ2) is 2.90. The Bertz CT molecular complexity index is 343. The third kappa shape index (κ3) is 1.20. The molecule has 0 aromatic carbocycles. The van der Waals surface area contributed by atoms with E-state index in [0.717, 1.165) is 12.3 Å². The van der Waals surface area contributed by atoms with Gasteiger partial charge in [-0.2, -0.15) is 0 Å². The topological polar surface area (TPSA) is 37.3 Å². The van der Waals surface area contributed by atoms with Crippen molar-refractivity contribution >= 4 is 5.78 Å². The van der Waals surface area contributed by atoms with E-state index in [-0.39, 0.29) is 11.8 Å². The maximum absolute atomic E-state index is 12.0. The molecule has 0 radical (unpaired) electrons. The second-order valence-corrected chi connectivity index (χ2v) is 7.02. The van der Waals surface area contributed by atoms with Gasteiger partial charge in [0.15, 0.2) is 0 Å². The molecule has 0 bridgehead atoms. The first-order valence-corrected chi connectivity index (χ1v) is 6.61. The summed E-state index contributed by atoms with van der Waals surface area (Å²) in [5.41, 5.74) is -0.374. The van der Waals surface area contributed by atoms with E-state index in [9.17, 15) is 9.90 Å². The fourth-order valence-electron chi connectivity index (χ4n) is 4.82. The number of ketones is 1. The van der Waals surface area contributed by atoms with E-state index in [4.69, 9.17) is 0 Å². The van der Waals surface area contributed by atoms with Crippen LogP contribution in [-0.4, -0.2) is 16.5 Å². The number of fused-ring (bicyclic) bond motifs is 3. The van der Waals surface area contributed by atoms with Crippen molar-refractivity contribution in [3.05, 3.63) is 0 Å². The molecule has 0 aromatic heterocycles. The van der Waals surface area contributed by atoms with E-state index in [1.54, 1.807) is 0 Å². The molecular weight excluding hydrogens is 200 g/mol. The van der Waals surface area contributed by atoms with Gasteiger partial charge in [0.1, 0.15) is 5.78 Å². The van der Waals surface area contributed by atoms with Gasteiger partial charge in [0.2, 0.25) is 0 Å². The van der Waals surface area contributed by atoms with Crippen molar-refractivity contribution in [2.75, 3.05) is 0 Å². The number of rotatable bonds is 0. The predicted molar refractivity (Wildman–Crippen MR) is 61.8 cm³/mol. The molecule has 3 aliphatic rings. The number of aliphatic hydroxyl groups is 1. The molecule has 3 aliphatic carbocycles. The molecule has 3 rings (SSSR count). The highest BCUT2D eigenvalue weighted by Crippen LogP contribution is 2.70. The summed E-state index contributed by atoms with van der Waals surface area (Å²) in [6, 6.07) is 0. The van der Waals surface area contributed by atoms with Crippen LogP contribution in [-0.2, 0) is 4.79 Å². The average Bonchev–Trinajstić information content (AvgIpc) is 2.67. The molecule has 0 heterocycles. The highest BCUT2D eigenvalue weighted by atomic mass is 16.3. The monoisotopic (exact) mass is 222 g/mol. The minimum absolute atomic E-state index is 0.159. The van der Waals surface area contributed by atoms with Crippen molar-refractivity contribution in [2.24, 2.45) is 29.1 Å². The Morgan fingerprint density at radius 2 is 1.88 bits per heavy atom. The van der Waals surface area contributed by atoms with Gasteiger partial charge in [0.25, 0.3) is 0 Å². The Kier molecular flexibility index (Phi) is 1.95. The Morgan fingerprint density at radius 3 is 2.56 bits per heavy atom. The predicted octanol–water partition coefficient (Wildman–Crippen LogP) is 2.40. The van der Waals surface area contributed by atoms with E-state index >= 15 is 0 Å². The summed E-state index contributed by atoms with van der Waals surface area (Å²) >= 11 is 0. The lowest BCUT2D eigenvalue weighted by Gasteiger charge is -2.29. The maximum Gasteiger partial charge on any atom is 0.139 e. The zero-order chi connectivity index (χ0) is 11.7. The fraction of sp³-hybridized carbons (Fsp3) is 0.929. The summed E-state index contributed by atoms with van der Waals surface area (Å²) in [4.78, 5) is 12.0. The number of carbonyl (C=O) groups excluding carboxylic acids is 1. The van der Waals surface area contributed by atoms with Crippen LogP contribution in [0.5, 0.6) is 0 Å². The first-order valence-electron chi connectivity index (χ1n) is 6.61. The number of hydrogen-bond donors (Lipinski definition) is 1. The summed E-state index contributed by atoms with van der Waals surface area (Å²) in [6.45, 7) is 6.50. The lowest BCUT2D eigenvalue weighted by molar-refractivity contribution is -0.121. The van der Waals surface area contributed by atoms with Crippen molar-refractivity contribution < 1.29 is 9.90 Å². The molecule has 16 heavy (non-hydrogen) atoms. The van der Waals surface area contributed by atoms with Crippen molar-refractivity contribution in [1.29, 1.82) is 0 Å². The first kappa shape index (κ1) is 10.8. The molecule has 0 unspecified atom stereocenters. The van der Waals surface area contributed by atoms with Crippen LogP contribution >= 0.6 is 0 Å². The summed E-state index contributed by atoms with van der Waals surface area (Å²) in [5.74, 6) is 2.05. The number of carbonyl (C=O) groups is 1. The molecule has 0 aliphatic heterocycles. The van der Waals surface area contributed by atoms with Crippen molar-refractivity contribution in [3.8, 4) is 0 Å². The molecule has 0 spiro atoms. The molecule has 0 aromatic rings. The van der Waals surface area contributed by atoms with Gasteiger partial charge in [-0.3, -0.25) is 4.79 Å². The van der Waals surface area contributed by atoms with E-state index in [1.165, 1.54) is 12.8 Å². The standard InChI is InChI=1S/C14H22O2/c1-13(2)9-6-4-5-8-10(15)7-14(3,16)11(8)12(9)13/h8-9,11-12,16H,4-7H2,1-3H3/t8-,9-,11-,12-,14+/m0/s1. The van der Waals surface area contributed by atoms with Gasteiger partial charge < -0.3 is 5.11 Å². The van der Waals surface area contributed by atoms with Gasteiger partial charge in [0.05, 0.1) is 5.60 Å². The Balaban J connectivity index is 1.98. The smallest absolute Gasteiger partial charge is 0.139 e. The van der Waals surface area contributed by atoms with Gasteiger partial charge in [-0.25, -0.2) is 0 Å². The number of hydrogen-bond acceptors (Lipinski definition) is 2. The minimum Gasteiger partial charge on any atom is -0.389 e. The van der Waals surface area contributed by atoms with E-state index in [1.807, 2.05) is 6.92 Å². The van der Waals surface area contributed by atoms with Gasteiger partial charge in [-0.1, -0.05) is 20.3 Å². The van der Waals surface area contributed by atoms with Gasteiger partial charge in [0, 0.05) is 18.3 Å². The maximum atomic E-state index is 12.0. The van der Waals surface area contributed by atoms with Crippen molar-refractivity contribution in [1.82, 2.24) is 0 Å².